The summed E-state index contributed by atoms with van der Waals surface area (Å²) in [7, 11) is 6.49. The van der Waals surface area contributed by atoms with E-state index in [1.807, 2.05) is 0 Å². The maximum Gasteiger partial charge on any atom is 0.102 e. The van der Waals surface area contributed by atoms with E-state index in [9.17, 15) is 0 Å². The summed E-state index contributed by atoms with van der Waals surface area (Å²) in [5, 5.41) is 0. The molecular weight excluding hydrogens is 229 g/mol. The summed E-state index contributed by atoms with van der Waals surface area (Å²) in [6, 6.07) is 0. The van der Waals surface area contributed by atoms with Gasteiger partial charge in [0.1, 0.15) is 6.54 Å². The number of alkyl halides is 1. The Bertz CT molecular complexity index is 69.9. The number of ether oxygens (including phenoxy) is 1. The lowest BCUT2D eigenvalue weighted by atomic mass is 10.5. The molecular formula is C6H15INO+. The summed E-state index contributed by atoms with van der Waals surface area (Å²) < 4.78 is 6.97. The number of rotatable bonds is 4. The SMILES string of the molecule is C[N+](C)(C)CCOCI. The minimum absolute atomic E-state index is 0.803. The molecule has 9 heavy (non-hydrogen) atoms. The Labute approximate surface area is 70.9 Å². The van der Waals surface area contributed by atoms with Gasteiger partial charge >= 0.3 is 0 Å². The fraction of sp³-hybridized carbons (Fsp3) is 1.00. The van der Waals surface area contributed by atoms with Gasteiger partial charge in [0.2, 0.25) is 0 Å². The summed E-state index contributed by atoms with van der Waals surface area (Å²) in [6.45, 7) is 1.95. The summed E-state index contributed by atoms with van der Waals surface area (Å²) in [5.74, 6) is 0. The van der Waals surface area contributed by atoms with Gasteiger partial charge in [-0.25, -0.2) is 0 Å². The molecule has 0 saturated carbocycles. The fourth-order valence-corrected chi connectivity index (χ4v) is 0.704. The summed E-state index contributed by atoms with van der Waals surface area (Å²) in [5.41, 5.74) is 0. The van der Waals surface area contributed by atoms with E-state index in [1.165, 1.54) is 0 Å². The Morgan fingerprint density at radius 1 is 1.33 bits per heavy atom. The minimum atomic E-state index is 0.803. The molecule has 2 nitrogen and oxygen atoms in total. The van der Waals surface area contributed by atoms with Crippen LogP contribution in [0.1, 0.15) is 0 Å². The number of hydrogen-bond acceptors (Lipinski definition) is 1. The topological polar surface area (TPSA) is 9.23 Å². The first-order chi connectivity index (χ1) is 4.06. The molecule has 0 atom stereocenters. The number of halogens is 1. The molecule has 0 amide bonds. The summed E-state index contributed by atoms with van der Waals surface area (Å²) in [6.07, 6.45) is 0. The lowest BCUT2D eigenvalue weighted by Crippen LogP contribution is -2.37. The number of hydrogen-bond donors (Lipinski definition) is 0. The Balaban J connectivity index is 3.07. The molecule has 0 heterocycles. The maximum absolute atomic E-state index is 5.18. The molecule has 0 aliphatic carbocycles. The van der Waals surface area contributed by atoms with Crippen LogP contribution in [0.15, 0.2) is 0 Å². The monoisotopic (exact) mass is 244 g/mol. The van der Waals surface area contributed by atoms with Crippen molar-refractivity contribution in [2.24, 2.45) is 0 Å². The van der Waals surface area contributed by atoms with E-state index in [2.05, 4.69) is 43.7 Å². The van der Waals surface area contributed by atoms with E-state index in [1.54, 1.807) is 0 Å². The van der Waals surface area contributed by atoms with Crippen LogP contribution in [0.25, 0.3) is 0 Å². The predicted octanol–water partition coefficient (Wildman–Crippen LogP) is 1.10. The molecule has 0 radical (unpaired) electrons. The molecule has 0 aromatic heterocycles. The Kier molecular flexibility index (Phi) is 4.79. The molecule has 56 valence electrons. The molecule has 0 aromatic carbocycles. The van der Waals surface area contributed by atoms with E-state index >= 15 is 0 Å². The molecule has 0 aliphatic rings. The number of likely N-dealkylation sites (N-methyl/N-ethyl adjacent to an activating group) is 1. The van der Waals surface area contributed by atoms with E-state index in [-0.39, 0.29) is 0 Å². The zero-order valence-corrected chi connectivity index (χ0v) is 8.51. The van der Waals surface area contributed by atoms with Crippen molar-refractivity contribution in [2.45, 2.75) is 0 Å². The van der Waals surface area contributed by atoms with Crippen molar-refractivity contribution < 1.29 is 9.22 Å². The van der Waals surface area contributed by atoms with Gasteiger partial charge in [0.05, 0.1) is 32.4 Å². The predicted molar refractivity (Wildman–Crippen MR) is 47.7 cm³/mol. The van der Waals surface area contributed by atoms with Crippen molar-refractivity contribution >= 4 is 22.6 Å². The first-order valence-corrected chi connectivity index (χ1v) is 4.53. The molecule has 0 saturated heterocycles. The van der Waals surface area contributed by atoms with Crippen LogP contribution in [0, 0.1) is 0 Å². The molecule has 0 spiro atoms. The summed E-state index contributed by atoms with van der Waals surface area (Å²) >= 11 is 2.21. The van der Waals surface area contributed by atoms with Crippen molar-refractivity contribution in [3.8, 4) is 0 Å². The van der Waals surface area contributed by atoms with Gasteiger partial charge in [-0.05, 0) is 0 Å². The van der Waals surface area contributed by atoms with Crippen molar-refractivity contribution in [2.75, 3.05) is 38.9 Å². The molecule has 0 N–H and O–H groups in total. The van der Waals surface area contributed by atoms with Crippen LogP contribution < -0.4 is 0 Å². The third kappa shape index (κ3) is 8.65. The second-order valence-corrected chi connectivity index (χ2v) is 3.65. The molecule has 3 heteroatoms. The van der Waals surface area contributed by atoms with Gasteiger partial charge < -0.3 is 9.22 Å². The first-order valence-electron chi connectivity index (χ1n) is 3.00. The van der Waals surface area contributed by atoms with E-state index in [0.717, 1.165) is 22.2 Å². The van der Waals surface area contributed by atoms with Crippen LogP contribution in [0.5, 0.6) is 0 Å². The Morgan fingerprint density at radius 3 is 2.22 bits per heavy atom. The molecule has 0 aliphatic heterocycles. The van der Waals surface area contributed by atoms with Crippen molar-refractivity contribution in [3.63, 3.8) is 0 Å². The fourth-order valence-electron chi connectivity index (χ4n) is 0.393. The van der Waals surface area contributed by atoms with Crippen molar-refractivity contribution in [1.82, 2.24) is 0 Å². The third-order valence-electron chi connectivity index (χ3n) is 0.984. The Hall–Kier alpha value is 0.650. The smallest absolute Gasteiger partial charge is 0.102 e. The number of nitrogens with zero attached hydrogens (tertiary/aromatic N) is 1. The Morgan fingerprint density at radius 2 is 1.89 bits per heavy atom. The average molecular weight is 244 g/mol. The highest BCUT2D eigenvalue weighted by Gasteiger charge is 2.04. The standard InChI is InChI=1S/C6H15INO/c1-8(2,3)4-5-9-6-7/h4-6H2,1-3H3/q+1. The van der Waals surface area contributed by atoms with Crippen LogP contribution >= 0.6 is 22.6 Å². The van der Waals surface area contributed by atoms with E-state index in [4.69, 9.17) is 4.74 Å². The molecule has 0 fully saturated rings. The molecule has 0 aromatic rings. The minimum Gasteiger partial charge on any atom is -0.365 e. The zero-order chi connectivity index (χ0) is 7.33. The van der Waals surface area contributed by atoms with Gasteiger partial charge in [-0.2, -0.15) is 0 Å². The lowest BCUT2D eigenvalue weighted by Gasteiger charge is -2.23. The highest BCUT2D eigenvalue weighted by Crippen LogP contribution is 1.90. The van der Waals surface area contributed by atoms with Crippen LogP contribution in [0.2, 0.25) is 0 Å². The zero-order valence-electron chi connectivity index (χ0n) is 6.35. The highest BCUT2D eigenvalue weighted by molar-refractivity contribution is 14.1. The van der Waals surface area contributed by atoms with Crippen LogP contribution in [-0.2, 0) is 4.74 Å². The average Bonchev–Trinajstić information content (AvgIpc) is 1.63. The third-order valence-corrected chi connectivity index (χ3v) is 1.42. The second kappa shape index (κ2) is 4.46. The quantitative estimate of drug-likeness (QED) is 0.311. The van der Waals surface area contributed by atoms with Crippen LogP contribution in [-0.4, -0.2) is 43.4 Å². The molecule has 0 rings (SSSR count). The van der Waals surface area contributed by atoms with Gasteiger partial charge in [-0.15, -0.1) is 0 Å². The summed E-state index contributed by atoms with van der Waals surface area (Å²) in [4.78, 5) is 0. The second-order valence-electron chi connectivity index (χ2n) is 3.03. The van der Waals surface area contributed by atoms with E-state index < -0.39 is 0 Å². The molecule has 0 bridgehead atoms. The van der Waals surface area contributed by atoms with Crippen molar-refractivity contribution in [1.29, 1.82) is 0 Å². The maximum atomic E-state index is 5.18. The van der Waals surface area contributed by atoms with Crippen molar-refractivity contribution in [3.05, 3.63) is 0 Å². The van der Waals surface area contributed by atoms with Crippen LogP contribution in [0.4, 0.5) is 0 Å². The first kappa shape index (κ1) is 9.65. The largest absolute Gasteiger partial charge is 0.365 e. The highest BCUT2D eigenvalue weighted by atomic mass is 127. The van der Waals surface area contributed by atoms with Gasteiger partial charge in [-0.1, -0.05) is 22.6 Å². The van der Waals surface area contributed by atoms with Gasteiger partial charge in [0, 0.05) is 0 Å². The molecule has 0 unspecified atom stereocenters. The lowest BCUT2D eigenvalue weighted by molar-refractivity contribution is -0.870. The van der Waals surface area contributed by atoms with Gasteiger partial charge in [0.15, 0.2) is 0 Å². The van der Waals surface area contributed by atoms with Gasteiger partial charge in [0.25, 0.3) is 0 Å². The number of quaternary nitrogens is 1. The normalized spacial score (nSPS) is 12.0. The van der Waals surface area contributed by atoms with Gasteiger partial charge in [-0.3, -0.25) is 0 Å². The van der Waals surface area contributed by atoms with E-state index in [0.29, 0.717) is 0 Å². The van der Waals surface area contributed by atoms with Crippen LogP contribution in [0.3, 0.4) is 0 Å².